The maximum absolute atomic E-state index is 13.1. The molecular formula is C15H16FN. The highest BCUT2D eigenvalue weighted by atomic mass is 19.1. The highest BCUT2D eigenvalue weighted by molar-refractivity contribution is 5.73. The number of hydrogen-bond donors (Lipinski definition) is 1. The van der Waals surface area contributed by atoms with Gasteiger partial charge in [-0.05, 0) is 60.4 Å². The largest absolute Gasteiger partial charge is 0.388 e. The lowest BCUT2D eigenvalue weighted by Crippen LogP contribution is -1.92. The van der Waals surface area contributed by atoms with E-state index in [0.717, 1.165) is 22.4 Å². The fourth-order valence-corrected chi connectivity index (χ4v) is 2.00. The molecule has 0 amide bonds. The molecule has 0 fully saturated rings. The number of halogens is 1. The summed E-state index contributed by atoms with van der Waals surface area (Å²) in [5.41, 5.74) is 5.45. The van der Waals surface area contributed by atoms with Crippen molar-refractivity contribution in [2.75, 3.05) is 12.4 Å². The Morgan fingerprint density at radius 1 is 0.882 bits per heavy atom. The van der Waals surface area contributed by atoms with E-state index in [4.69, 9.17) is 0 Å². The minimum atomic E-state index is -0.186. The second-order valence-electron chi connectivity index (χ2n) is 4.24. The van der Waals surface area contributed by atoms with Crippen LogP contribution in [0.1, 0.15) is 11.1 Å². The van der Waals surface area contributed by atoms with Crippen molar-refractivity contribution < 1.29 is 4.39 Å². The summed E-state index contributed by atoms with van der Waals surface area (Å²) in [6, 6.07) is 11.1. The Morgan fingerprint density at radius 3 is 2.29 bits per heavy atom. The molecule has 0 aliphatic heterocycles. The standard InChI is InChI=1S/C15H16FN/c1-10-4-6-13(17-3)9-15(10)14-7-5-12(16)8-11(14)2/h4-9,17H,1-3H3. The molecule has 0 aliphatic rings. The summed E-state index contributed by atoms with van der Waals surface area (Å²) >= 11 is 0. The van der Waals surface area contributed by atoms with E-state index in [0.29, 0.717) is 0 Å². The molecule has 2 aromatic carbocycles. The van der Waals surface area contributed by atoms with Gasteiger partial charge < -0.3 is 5.32 Å². The molecule has 2 heteroatoms. The van der Waals surface area contributed by atoms with Crippen LogP contribution in [-0.4, -0.2) is 7.05 Å². The first-order chi connectivity index (χ1) is 8.11. The van der Waals surface area contributed by atoms with Gasteiger partial charge in [0.15, 0.2) is 0 Å². The summed E-state index contributed by atoms with van der Waals surface area (Å²) in [7, 11) is 1.89. The van der Waals surface area contributed by atoms with Crippen LogP contribution in [0.5, 0.6) is 0 Å². The maximum atomic E-state index is 13.1. The number of anilines is 1. The first-order valence-corrected chi connectivity index (χ1v) is 5.67. The zero-order valence-electron chi connectivity index (χ0n) is 10.3. The molecular weight excluding hydrogens is 213 g/mol. The fraction of sp³-hybridized carbons (Fsp3) is 0.200. The van der Waals surface area contributed by atoms with E-state index >= 15 is 0 Å². The lowest BCUT2D eigenvalue weighted by molar-refractivity contribution is 0.627. The van der Waals surface area contributed by atoms with Crippen molar-refractivity contribution in [1.29, 1.82) is 0 Å². The molecule has 0 radical (unpaired) electrons. The summed E-state index contributed by atoms with van der Waals surface area (Å²) < 4.78 is 13.1. The average molecular weight is 229 g/mol. The monoisotopic (exact) mass is 229 g/mol. The normalized spacial score (nSPS) is 10.4. The molecule has 0 unspecified atom stereocenters. The highest BCUT2D eigenvalue weighted by Gasteiger charge is 2.06. The Bertz CT molecular complexity index is 547. The van der Waals surface area contributed by atoms with E-state index in [1.165, 1.54) is 11.6 Å². The van der Waals surface area contributed by atoms with Crippen molar-refractivity contribution in [3.05, 3.63) is 53.3 Å². The van der Waals surface area contributed by atoms with Crippen molar-refractivity contribution in [2.24, 2.45) is 0 Å². The first kappa shape index (κ1) is 11.6. The van der Waals surface area contributed by atoms with Gasteiger partial charge in [0.2, 0.25) is 0 Å². The predicted octanol–water partition coefficient (Wildman–Crippen LogP) is 4.15. The van der Waals surface area contributed by atoms with Crippen molar-refractivity contribution in [1.82, 2.24) is 0 Å². The van der Waals surface area contributed by atoms with Crippen LogP contribution in [0.2, 0.25) is 0 Å². The Hall–Kier alpha value is -1.83. The second-order valence-corrected chi connectivity index (χ2v) is 4.24. The Labute approximate surface area is 101 Å². The van der Waals surface area contributed by atoms with Gasteiger partial charge in [-0.1, -0.05) is 12.1 Å². The minimum Gasteiger partial charge on any atom is -0.388 e. The van der Waals surface area contributed by atoms with E-state index in [1.54, 1.807) is 6.07 Å². The molecule has 0 aliphatic carbocycles. The van der Waals surface area contributed by atoms with Crippen LogP contribution in [-0.2, 0) is 0 Å². The third-order valence-electron chi connectivity index (χ3n) is 3.00. The van der Waals surface area contributed by atoms with E-state index in [9.17, 15) is 4.39 Å². The fourth-order valence-electron chi connectivity index (χ4n) is 2.00. The number of benzene rings is 2. The molecule has 2 rings (SSSR count). The van der Waals surface area contributed by atoms with Gasteiger partial charge in [-0.25, -0.2) is 4.39 Å². The summed E-state index contributed by atoms with van der Waals surface area (Å²) in [6.07, 6.45) is 0. The number of rotatable bonds is 2. The lowest BCUT2D eigenvalue weighted by atomic mass is 9.96. The number of nitrogens with one attached hydrogen (secondary N) is 1. The number of aryl methyl sites for hydroxylation is 2. The van der Waals surface area contributed by atoms with Gasteiger partial charge in [-0.2, -0.15) is 0 Å². The predicted molar refractivity (Wildman–Crippen MR) is 70.9 cm³/mol. The van der Waals surface area contributed by atoms with Crippen LogP contribution >= 0.6 is 0 Å². The third kappa shape index (κ3) is 2.31. The first-order valence-electron chi connectivity index (χ1n) is 5.67. The van der Waals surface area contributed by atoms with Crippen LogP contribution in [0, 0.1) is 19.7 Å². The summed E-state index contributed by atoms with van der Waals surface area (Å²) in [6.45, 7) is 4.00. The molecule has 88 valence electrons. The molecule has 1 N–H and O–H groups in total. The smallest absolute Gasteiger partial charge is 0.123 e. The number of hydrogen-bond acceptors (Lipinski definition) is 1. The highest BCUT2D eigenvalue weighted by Crippen LogP contribution is 2.29. The molecule has 0 bridgehead atoms. The lowest BCUT2D eigenvalue weighted by Gasteiger charge is -2.11. The van der Waals surface area contributed by atoms with E-state index < -0.39 is 0 Å². The van der Waals surface area contributed by atoms with E-state index in [2.05, 4.69) is 24.4 Å². The summed E-state index contributed by atoms with van der Waals surface area (Å²) in [4.78, 5) is 0. The van der Waals surface area contributed by atoms with Gasteiger partial charge in [-0.15, -0.1) is 0 Å². The minimum absolute atomic E-state index is 0.186. The molecule has 2 aromatic rings. The van der Waals surface area contributed by atoms with Crippen LogP contribution in [0.15, 0.2) is 36.4 Å². The van der Waals surface area contributed by atoms with Crippen LogP contribution in [0.3, 0.4) is 0 Å². The van der Waals surface area contributed by atoms with Crippen molar-refractivity contribution in [2.45, 2.75) is 13.8 Å². The van der Waals surface area contributed by atoms with Crippen LogP contribution < -0.4 is 5.32 Å². The topological polar surface area (TPSA) is 12.0 Å². The summed E-state index contributed by atoms with van der Waals surface area (Å²) in [5, 5.41) is 3.12. The zero-order valence-corrected chi connectivity index (χ0v) is 10.3. The van der Waals surface area contributed by atoms with E-state index in [-0.39, 0.29) is 5.82 Å². The van der Waals surface area contributed by atoms with Crippen LogP contribution in [0.25, 0.3) is 11.1 Å². The van der Waals surface area contributed by atoms with Gasteiger partial charge in [0.1, 0.15) is 5.82 Å². The average Bonchev–Trinajstić information content (AvgIpc) is 2.30. The molecule has 0 heterocycles. The molecule has 17 heavy (non-hydrogen) atoms. The molecule has 0 saturated heterocycles. The third-order valence-corrected chi connectivity index (χ3v) is 3.00. The van der Waals surface area contributed by atoms with E-state index in [1.807, 2.05) is 26.1 Å². The molecule has 0 spiro atoms. The molecule has 0 aromatic heterocycles. The van der Waals surface area contributed by atoms with Gasteiger partial charge in [0.05, 0.1) is 0 Å². The van der Waals surface area contributed by atoms with Crippen molar-refractivity contribution >= 4 is 5.69 Å². The quantitative estimate of drug-likeness (QED) is 0.815. The van der Waals surface area contributed by atoms with Gasteiger partial charge in [-0.3, -0.25) is 0 Å². The molecule has 0 saturated carbocycles. The Kier molecular flexibility index (Phi) is 3.14. The van der Waals surface area contributed by atoms with Crippen molar-refractivity contribution in [3.63, 3.8) is 0 Å². The Morgan fingerprint density at radius 2 is 1.65 bits per heavy atom. The second kappa shape index (κ2) is 4.58. The van der Waals surface area contributed by atoms with Crippen molar-refractivity contribution in [3.8, 4) is 11.1 Å². The maximum Gasteiger partial charge on any atom is 0.123 e. The zero-order chi connectivity index (χ0) is 12.4. The van der Waals surface area contributed by atoms with Gasteiger partial charge in [0, 0.05) is 12.7 Å². The van der Waals surface area contributed by atoms with Gasteiger partial charge >= 0.3 is 0 Å². The van der Waals surface area contributed by atoms with Gasteiger partial charge in [0.25, 0.3) is 0 Å². The summed E-state index contributed by atoms with van der Waals surface area (Å²) in [5.74, 6) is -0.186. The van der Waals surface area contributed by atoms with Crippen LogP contribution in [0.4, 0.5) is 10.1 Å². The molecule has 1 nitrogen and oxygen atoms in total. The Balaban J connectivity index is 2.59. The SMILES string of the molecule is CNc1ccc(C)c(-c2ccc(F)cc2C)c1. The molecule has 0 atom stereocenters.